The predicted octanol–water partition coefficient (Wildman–Crippen LogP) is 1.54. The second-order valence-corrected chi connectivity index (χ2v) is 4.95. The molecule has 0 fully saturated rings. The van der Waals surface area contributed by atoms with E-state index in [9.17, 15) is 14.7 Å². The van der Waals surface area contributed by atoms with Crippen LogP contribution in [-0.4, -0.2) is 15.6 Å². The summed E-state index contributed by atoms with van der Waals surface area (Å²) in [5, 5.41) is 10.5. The van der Waals surface area contributed by atoms with Crippen molar-refractivity contribution in [2.45, 2.75) is 13.8 Å². The van der Waals surface area contributed by atoms with Gasteiger partial charge in [-0.1, -0.05) is 0 Å². The van der Waals surface area contributed by atoms with Gasteiger partial charge in [0.15, 0.2) is 5.75 Å². The molecule has 5 nitrogen and oxygen atoms in total. The van der Waals surface area contributed by atoms with Gasteiger partial charge in [0.05, 0.1) is 5.39 Å². The van der Waals surface area contributed by atoms with E-state index in [1.54, 1.807) is 13.1 Å². The van der Waals surface area contributed by atoms with Crippen LogP contribution in [0.4, 0.5) is 0 Å². The predicted molar refractivity (Wildman–Crippen MR) is 64.8 cm³/mol. The highest BCUT2D eigenvalue weighted by Crippen LogP contribution is 2.35. The molecule has 90 valence electrons. The van der Waals surface area contributed by atoms with E-state index in [0.29, 0.717) is 10.2 Å². The van der Waals surface area contributed by atoms with Gasteiger partial charge < -0.3 is 9.84 Å². The van der Waals surface area contributed by atoms with Crippen LogP contribution in [0.5, 0.6) is 11.5 Å². The second-order valence-electron chi connectivity index (χ2n) is 3.71. The summed E-state index contributed by atoms with van der Waals surface area (Å²) in [6.07, 6.45) is 0. The van der Waals surface area contributed by atoms with Crippen molar-refractivity contribution >= 4 is 27.5 Å². The van der Waals surface area contributed by atoms with Crippen molar-refractivity contribution in [2.75, 3.05) is 0 Å². The number of fused-ring (bicyclic) bond motifs is 1. The fraction of sp³-hybridized carbons (Fsp3) is 0.273. The smallest absolute Gasteiger partial charge is 0.308 e. The van der Waals surface area contributed by atoms with Crippen molar-refractivity contribution in [1.82, 2.24) is 4.57 Å². The first-order valence-electron chi connectivity index (χ1n) is 4.92. The van der Waals surface area contributed by atoms with E-state index in [1.165, 1.54) is 22.8 Å². The van der Waals surface area contributed by atoms with Gasteiger partial charge in [0.1, 0.15) is 4.83 Å². The van der Waals surface area contributed by atoms with Crippen LogP contribution in [0.15, 0.2) is 10.9 Å². The van der Waals surface area contributed by atoms with Crippen molar-refractivity contribution in [1.29, 1.82) is 0 Å². The summed E-state index contributed by atoms with van der Waals surface area (Å²) in [6, 6.07) is 1.75. The Morgan fingerprint density at radius 3 is 2.76 bits per heavy atom. The Morgan fingerprint density at radius 2 is 2.18 bits per heavy atom. The molecule has 2 rings (SSSR count). The maximum absolute atomic E-state index is 11.9. The molecule has 1 N–H and O–H groups in total. The lowest BCUT2D eigenvalue weighted by Gasteiger charge is -2.07. The molecule has 0 amide bonds. The highest BCUT2D eigenvalue weighted by atomic mass is 32.1. The molecule has 2 aromatic rings. The highest BCUT2D eigenvalue weighted by Gasteiger charge is 2.18. The van der Waals surface area contributed by atoms with Crippen LogP contribution in [-0.2, 0) is 11.8 Å². The zero-order chi connectivity index (χ0) is 12.7. The minimum Gasteiger partial charge on any atom is -0.504 e. The van der Waals surface area contributed by atoms with Crippen molar-refractivity contribution in [3.8, 4) is 11.5 Å². The van der Waals surface area contributed by atoms with Gasteiger partial charge >= 0.3 is 5.97 Å². The Labute approximate surface area is 101 Å². The van der Waals surface area contributed by atoms with Crippen molar-refractivity contribution in [3.63, 3.8) is 0 Å². The van der Waals surface area contributed by atoms with E-state index in [0.717, 1.165) is 4.88 Å². The summed E-state index contributed by atoms with van der Waals surface area (Å²) in [4.78, 5) is 24.4. The number of hydrogen-bond acceptors (Lipinski definition) is 5. The van der Waals surface area contributed by atoms with E-state index in [4.69, 9.17) is 4.74 Å². The standard InChI is InChI=1S/C11H11NO4S/c1-5-4-7-8(14)9(16-6(2)13)10(15)12(3)11(7)17-5/h4,14H,1-3H3. The molecule has 0 bridgehead atoms. The van der Waals surface area contributed by atoms with Crippen LogP contribution in [0.3, 0.4) is 0 Å². The van der Waals surface area contributed by atoms with E-state index in [1.807, 2.05) is 6.92 Å². The number of rotatable bonds is 1. The van der Waals surface area contributed by atoms with Crippen molar-refractivity contribution < 1.29 is 14.6 Å². The lowest BCUT2D eigenvalue weighted by Crippen LogP contribution is -2.20. The number of carbonyl (C=O) groups excluding carboxylic acids is 1. The molecule has 2 heterocycles. The molecule has 0 saturated carbocycles. The van der Waals surface area contributed by atoms with E-state index < -0.39 is 11.5 Å². The SMILES string of the molecule is CC(=O)Oc1c(O)c2cc(C)sc2n(C)c1=O. The highest BCUT2D eigenvalue weighted by molar-refractivity contribution is 7.18. The van der Waals surface area contributed by atoms with Gasteiger partial charge in [0.2, 0.25) is 5.75 Å². The van der Waals surface area contributed by atoms with Gasteiger partial charge in [-0.25, -0.2) is 0 Å². The number of carbonyl (C=O) groups is 1. The molecule has 0 spiro atoms. The molecule has 0 saturated heterocycles. The Kier molecular flexibility index (Phi) is 2.66. The largest absolute Gasteiger partial charge is 0.504 e. The van der Waals surface area contributed by atoms with Crippen LogP contribution < -0.4 is 10.3 Å². The zero-order valence-corrected chi connectivity index (χ0v) is 10.4. The van der Waals surface area contributed by atoms with Gasteiger partial charge in [-0.2, -0.15) is 0 Å². The number of pyridine rings is 1. The molecule has 6 heteroatoms. The lowest BCUT2D eigenvalue weighted by molar-refractivity contribution is -0.132. The van der Waals surface area contributed by atoms with E-state index in [2.05, 4.69) is 0 Å². The molecule has 0 aliphatic carbocycles. The first-order chi connectivity index (χ1) is 7.91. The average Bonchev–Trinajstić information content (AvgIpc) is 2.63. The first-order valence-corrected chi connectivity index (χ1v) is 5.74. The van der Waals surface area contributed by atoms with Crippen molar-refractivity contribution in [2.24, 2.45) is 7.05 Å². The number of hydrogen-bond donors (Lipinski definition) is 1. The summed E-state index contributed by atoms with van der Waals surface area (Å²) in [7, 11) is 1.58. The first kappa shape index (κ1) is 11.7. The van der Waals surface area contributed by atoms with Gasteiger partial charge in [-0.3, -0.25) is 14.2 Å². The Morgan fingerprint density at radius 1 is 1.53 bits per heavy atom. The van der Waals surface area contributed by atoms with Crippen LogP contribution in [0, 0.1) is 6.92 Å². The summed E-state index contributed by atoms with van der Waals surface area (Å²) in [5.41, 5.74) is -0.521. The second kappa shape index (κ2) is 3.89. The third kappa shape index (κ3) is 1.80. The zero-order valence-electron chi connectivity index (χ0n) is 9.60. The van der Waals surface area contributed by atoms with Gasteiger partial charge in [0.25, 0.3) is 5.56 Å². The maximum atomic E-state index is 11.9. The van der Waals surface area contributed by atoms with Gasteiger partial charge in [-0.05, 0) is 13.0 Å². The third-order valence-electron chi connectivity index (χ3n) is 2.36. The minimum absolute atomic E-state index is 0.275. The number of aromatic nitrogens is 1. The quantitative estimate of drug-likeness (QED) is 0.783. The molecular formula is C11H11NO4S. The minimum atomic E-state index is -0.635. The van der Waals surface area contributed by atoms with E-state index >= 15 is 0 Å². The Hall–Kier alpha value is -1.82. The Balaban J connectivity index is 2.85. The number of aryl methyl sites for hydroxylation is 2. The van der Waals surface area contributed by atoms with Gasteiger partial charge in [-0.15, -0.1) is 11.3 Å². The van der Waals surface area contributed by atoms with Crippen LogP contribution in [0.2, 0.25) is 0 Å². The summed E-state index contributed by atoms with van der Waals surface area (Å²) >= 11 is 1.40. The Bertz CT molecular complexity index is 668. The number of thiophene rings is 1. The normalized spacial score (nSPS) is 10.8. The lowest BCUT2D eigenvalue weighted by atomic mass is 10.3. The third-order valence-corrected chi connectivity index (χ3v) is 3.48. The number of esters is 1. The topological polar surface area (TPSA) is 68.5 Å². The molecule has 0 unspecified atom stereocenters. The molecule has 0 radical (unpaired) electrons. The van der Waals surface area contributed by atoms with Gasteiger partial charge in [0, 0.05) is 18.8 Å². The molecule has 17 heavy (non-hydrogen) atoms. The monoisotopic (exact) mass is 253 g/mol. The van der Waals surface area contributed by atoms with E-state index in [-0.39, 0.29) is 11.5 Å². The number of ether oxygens (including phenoxy) is 1. The maximum Gasteiger partial charge on any atom is 0.308 e. The number of nitrogens with zero attached hydrogens (tertiary/aromatic N) is 1. The molecule has 0 aromatic carbocycles. The fourth-order valence-electron chi connectivity index (χ4n) is 1.62. The average molecular weight is 253 g/mol. The molecule has 0 atom stereocenters. The number of aromatic hydroxyl groups is 1. The summed E-state index contributed by atoms with van der Waals surface area (Å²) in [6.45, 7) is 3.06. The fourth-order valence-corrected chi connectivity index (χ4v) is 2.59. The van der Waals surface area contributed by atoms with Crippen molar-refractivity contribution in [3.05, 3.63) is 21.3 Å². The molecule has 0 aliphatic rings. The van der Waals surface area contributed by atoms with Crippen LogP contribution in [0.25, 0.3) is 10.2 Å². The van der Waals surface area contributed by atoms with Crippen LogP contribution in [0.1, 0.15) is 11.8 Å². The summed E-state index contributed by atoms with van der Waals surface area (Å²) in [5.74, 6) is -1.23. The molecule has 2 aromatic heterocycles. The molecule has 0 aliphatic heterocycles. The summed E-state index contributed by atoms with van der Waals surface area (Å²) < 4.78 is 6.12. The molecular weight excluding hydrogens is 242 g/mol. The van der Waals surface area contributed by atoms with Crippen LogP contribution >= 0.6 is 11.3 Å².